The van der Waals surface area contributed by atoms with Gasteiger partial charge in [-0.15, -0.1) is 0 Å². The zero-order valence-electron chi connectivity index (χ0n) is 18.4. The summed E-state index contributed by atoms with van der Waals surface area (Å²) in [7, 11) is 1.41. The van der Waals surface area contributed by atoms with E-state index >= 15 is 0 Å². The van der Waals surface area contributed by atoms with Crippen LogP contribution in [0.4, 0.5) is 4.39 Å². The lowest BCUT2D eigenvalue weighted by Crippen LogP contribution is -2.37. The van der Waals surface area contributed by atoms with Gasteiger partial charge in [-0.25, -0.2) is 14.2 Å². The molecule has 0 saturated heterocycles. The number of rotatable bonds is 6. The Labute approximate surface area is 192 Å². The largest absolute Gasteiger partial charge is 0.487 e. The van der Waals surface area contributed by atoms with Crippen molar-refractivity contribution in [3.8, 4) is 5.75 Å². The number of hydrogen-bond acceptors (Lipinski definition) is 4. The Morgan fingerprint density at radius 3 is 2.55 bits per heavy atom. The lowest BCUT2D eigenvalue weighted by Gasteiger charge is -2.44. The van der Waals surface area contributed by atoms with Gasteiger partial charge in [-0.3, -0.25) is 0 Å². The van der Waals surface area contributed by atoms with Gasteiger partial charge >= 0.3 is 5.97 Å². The Morgan fingerprint density at radius 2 is 1.82 bits per heavy atom. The third kappa shape index (κ3) is 3.95. The molecule has 4 nitrogen and oxygen atoms in total. The van der Waals surface area contributed by atoms with Gasteiger partial charge in [0.1, 0.15) is 18.2 Å². The van der Waals surface area contributed by atoms with E-state index in [1.807, 2.05) is 36.4 Å². The molecule has 33 heavy (non-hydrogen) atoms. The molecular formula is C28H24FNO3. The molecule has 1 aliphatic carbocycles. The highest BCUT2D eigenvalue weighted by atomic mass is 19.1. The Morgan fingerprint density at radius 1 is 1.00 bits per heavy atom. The van der Waals surface area contributed by atoms with E-state index in [0.29, 0.717) is 11.3 Å². The van der Waals surface area contributed by atoms with Crippen LogP contribution >= 0.6 is 0 Å². The van der Waals surface area contributed by atoms with Gasteiger partial charge in [0, 0.05) is 10.8 Å². The number of methoxy groups -OCH3 is 1. The van der Waals surface area contributed by atoms with E-state index < -0.39 is 0 Å². The molecule has 1 saturated carbocycles. The molecule has 1 aliphatic rings. The highest BCUT2D eigenvalue weighted by molar-refractivity contribution is 5.92. The number of aromatic nitrogens is 1. The van der Waals surface area contributed by atoms with Crippen molar-refractivity contribution in [1.82, 2.24) is 4.98 Å². The molecule has 1 aromatic heterocycles. The molecule has 4 aromatic rings. The number of carbonyl (C=O) groups excluding carboxylic acids is 1. The van der Waals surface area contributed by atoms with Crippen LogP contribution in [0.15, 0.2) is 78.9 Å². The Bertz CT molecular complexity index is 1320. The number of esters is 1. The molecule has 5 rings (SSSR count). The molecule has 0 N–H and O–H groups in total. The van der Waals surface area contributed by atoms with E-state index in [1.54, 1.807) is 18.2 Å². The van der Waals surface area contributed by atoms with Crippen LogP contribution in [0.3, 0.4) is 0 Å². The first-order chi connectivity index (χ1) is 16.1. The van der Waals surface area contributed by atoms with E-state index in [0.717, 1.165) is 41.4 Å². The highest BCUT2D eigenvalue weighted by Gasteiger charge is 2.43. The van der Waals surface area contributed by atoms with E-state index in [-0.39, 0.29) is 23.8 Å². The van der Waals surface area contributed by atoms with Crippen LogP contribution in [0, 0.1) is 5.82 Å². The maximum atomic E-state index is 13.4. The van der Waals surface area contributed by atoms with E-state index in [9.17, 15) is 9.18 Å². The summed E-state index contributed by atoms with van der Waals surface area (Å²) >= 11 is 0. The van der Waals surface area contributed by atoms with Crippen LogP contribution in [0.2, 0.25) is 0 Å². The second-order valence-electron chi connectivity index (χ2n) is 8.43. The lowest BCUT2D eigenvalue weighted by molar-refractivity contribution is 0.0596. The van der Waals surface area contributed by atoms with E-state index in [2.05, 4.69) is 17.1 Å². The van der Waals surface area contributed by atoms with Crippen LogP contribution in [-0.4, -0.2) is 18.1 Å². The second kappa shape index (κ2) is 8.66. The monoisotopic (exact) mass is 441 g/mol. The summed E-state index contributed by atoms with van der Waals surface area (Å²) in [5, 5.41) is 0.748. The molecule has 0 bridgehead atoms. The Hall–Kier alpha value is -3.73. The number of halogens is 1. The van der Waals surface area contributed by atoms with Crippen molar-refractivity contribution < 1.29 is 18.7 Å². The molecular weight excluding hydrogens is 417 g/mol. The predicted molar refractivity (Wildman–Crippen MR) is 125 cm³/mol. The summed E-state index contributed by atoms with van der Waals surface area (Å²) < 4.78 is 24.6. The molecule has 166 valence electrons. The number of hydrogen-bond donors (Lipinski definition) is 0. The maximum Gasteiger partial charge on any atom is 0.338 e. The summed E-state index contributed by atoms with van der Waals surface area (Å²) in [5.74, 6) is 0.0397. The zero-order chi connectivity index (χ0) is 22.8. The quantitative estimate of drug-likeness (QED) is 0.334. The average molecular weight is 442 g/mol. The lowest BCUT2D eigenvalue weighted by atomic mass is 9.59. The molecule has 0 aliphatic heterocycles. The second-order valence-corrected chi connectivity index (χ2v) is 8.43. The van der Waals surface area contributed by atoms with Gasteiger partial charge in [0.15, 0.2) is 0 Å². The topological polar surface area (TPSA) is 48.4 Å². The predicted octanol–water partition coefficient (Wildman–Crippen LogP) is 6.21. The number of nitrogens with zero attached hydrogens (tertiary/aromatic N) is 1. The molecule has 1 fully saturated rings. The molecule has 0 unspecified atom stereocenters. The van der Waals surface area contributed by atoms with Gasteiger partial charge in [0.05, 0.1) is 23.9 Å². The summed E-state index contributed by atoms with van der Waals surface area (Å²) in [6.45, 7) is 0.267. The fourth-order valence-corrected chi connectivity index (χ4v) is 4.67. The van der Waals surface area contributed by atoms with Crippen molar-refractivity contribution in [2.45, 2.75) is 31.3 Å². The van der Waals surface area contributed by atoms with Crippen LogP contribution in [0.25, 0.3) is 10.9 Å². The molecule has 0 amide bonds. The summed E-state index contributed by atoms with van der Waals surface area (Å²) in [5.41, 5.74) is 3.94. The van der Waals surface area contributed by atoms with Crippen molar-refractivity contribution >= 4 is 16.9 Å². The first-order valence-electron chi connectivity index (χ1n) is 11.1. The van der Waals surface area contributed by atoms with Crippen LogP contribution in [0.1, 0.15) is 46.4 Å². The van der Waals surface area contributed by atoms with Crippen molar-refractivity contribution in [3.05, 3.63) is 107 Å². The van der Waals surface area contributed by atoms with E-state index in [4.69, 9.17) is 9.47 Å². The number of benzene rings is 3. The average Bonchev–Trinajstić information content (AvgIpc) is 2.82. The highest BCUT2D eigenvalue weighted by Crippen LogP contribution is 2.50. The minimum atomic E-state index is -0.345. The zero-order valence-corrected chi connectivity index (χ0v) is 18.4. The van der Waals surface area contributed by atoms with Crippen LogP contribution in [0.5, 0.6) is 5.75 Å². The molecule has 1 heterocycles. The molecule has 0 atom stereocenters. The minimum Gasteiger partial charge on any atom is -0.487 e. The van der Waals surface area contributed by atoms with Crippen molar-refractivity contribution in [1.29, 1.82) is 0 Å². The normalized spacial score (nSPS) is 14.5. The first kappa shape index (κ1) is 21.1. The molecule has 3 aromatic carbocycles. The SMILES string of the molecule is COC(=O)c1ccc(OCc2ccc3cc(F)ccc3n2)cc1C1(c2ccccc2)CCC1. The number of carbonyl (C=O) groups is 1. The number of fused-ring (bicyclic) bond motifs is 1. The number of ether oxygens (including phenoxy) is 2. The van der Waals surface area contributed by atoms with Gasteiger partial charge in [-0.05, 0) is 66.4 Å². The number of pyridine rings is 1. The maximum absolute atomic E-state index is 13.4. The Balaban J connectivity index is 1.47. The summed E-state index contributed by atoms with van der Waals surface area (Å²) in [4.78, 5) is 17.2. The van der Waals surface area contributed by atoms with Crippen LogP contribution in [-0.2, 0) is 16.8 Å². The van der Waals surface area contributed by atoms with Gasteiger partial charge in [0.2, 0.25) is 0 Å². The molecule has 0 spiro atoms. The van der Waals surface area contributed by atoms with Gasteiger partial charge in [-0.2, -0.15) is 0 Å². The molecule has 0 radical (unpaired) electrons. The first-order valence-corrected chi connectivity index (χ1v) is 11.1. The third-order valence-corrected chi connectivity index (χ3v) is 6.54. The van der Waals surface area contributed by atoms with Gasteiger partial charge < -0.3 is 9.47 Å². The van der Waals surface area contributed by atoms with Crippen molar-refractivity contribution in [3.63, 3.8) is 0 Å². The third-order valence-electron chi connectivity index (χ3n) is 6.54. The van der Waals surface area contributed by atoms with Crippen molar-refractivity contribution in [2.75, 3.05) is 7.11 Å². The van der Waals surface area contributed by atoms with Gasteiger partial charge in [-0.1, -0.05) is 42.8 Å². The van der Waals surface area contributed by atoms with E-state index in [1.165, 1.54) is 24.8 Å². The van der Waals surface area contributed by atoms with Crippen molar-refractivity contribution in [2.24, 2.45) is 0 Å². The smallest absolute Gasteiger partial charge is 0.338 e. The van der Waals surface area contributed by atoms with Gasteiger partial charge in [0.25, 0.3) is 0 Å². The summed E-state index contributed by atoms with van der Waals surface area (Å²) in [6.07, 6.45) is 3.03. The van der Waals surface area contributed by atoms with Crippen LogP contribution < -0.4 is 4.74 Å². The molecule has 5 heteroatoms. The fraction of sp³-hybridized carbons (Fsp3) is 0.214. The fourth-order valence-electron chi connectivity index (χ4n) is 4.67. The summed E-state index contributed by atoms with van der Waals surface area (Å²) in [6, 6.07) is 24.1. The minimum absolute atomic E-state index is 0.227. The standard InChI is InChI=1S/C28H24FNO3/c1-32-27(31)24-12-11-23(17-25(24)28(14-5-15-28)20-6-3-2-4-7-20)33-18-22-10-8-19-16-21(29)9-13-26(19)30-22/h2-4,6-13,16-17H,5,14-15,18H2,1H3. The Kier molecular flexibility index (Phi) is 5.55.